The summed E-state index contributed by atoms with van der Waals surface area (Å²) < 4.78 is 1.66. The van der Waals surface area contributed by atoms with Crippen molar-refractivity contribution in [3.63, 3.8) is 0 Å². The summed E-state index contributed by atoms with van der Waals surface area (Å²) >= 11 is 0. The van der Waals surface area contributed by atoms with E-state index < -0.39 is 11.4 Å². The summed E-state index contributed by atoms with van der Waals surface area (Å²) in [6.07, 6.45) is 13.6. The van der Waals surface area contributed by atoms with Crippen molar-refractivity contribution in [1.29, 1.82) is 0 Å². The maximum Gasteiger partial charge on any atom is 0.341 e. The number of rotatable bonds is 4. The van der Waals surface area contributed by atoms with Crippen LogP contribution in [0.5, 0.6) is 0 Å². The van der Waals surface area contributed by atoms with E-state index in [1.165, 1.54) is 24.2 Å². The Hall–Kier alpha value is -3.54. The number of aromatic carboxylic acids is 1. The van der Waals surface area contributed by atoms with Crippen molar-refractivity contribution in [3.05, 3.63) is 94.1 Å². The second-order valence-electron chi connectivity index (χ2n) is 7.14. The summed E-state index contributed by atoms with van der Waals surface area (Å²) in [4.78, 5) is 32.0. The van der Waals surface area contributed by atoms with Gasteiger partial charge in [-0.1, -0.05) is 55.5 Å². The third-order valence-corrected chi connectivity index (χ3v) is 5.15. The van der Waals surface area contributed by atoms with Crippen LogP contribution >= 0.6 is 0 Å². The van der Waals surface area contributed by atoms with E-state index in [2.05, 4.69) is 53.3 Å². The number of carboxylic acid groups (broad SMARTS) is 1. The maximum absolute atomic E-state index is 12.3. The first-order chi connectivity index (χ1) is 13.5. The Morgan fingerprint density at radius 2 is 1.93 bits per heavy atom. The van der Waals surface area contributed by atoms with Gasteiger partial charge in [-0.25, -0.2) is 14.8 Å². The SMILES string of the molecule is CC1(c2ccc(Cn3cc(C(=O)O)c(=O)c4nccnc43)cc2)C=CC=CC1. The predicted molar refractivity (Wildman–Crippen MR) is 107 cm³/mol. The van der Waals surface area contributed by atoms with E-state index in [0.717, 1.165) is 12.0 Å². The van der Waals surface area contributed by atoms with Crippen LogP contribution in [0.3, 0.4) is 0 Å². The number of aromatic nitrogens is 3. The van der Waals surface area contributed by atoms with Crippen molar-refractivity contribution in [1.82, 2.24) is 14.5 Å². The molecule has 0 amide bonds. The molecule has 0 spiro atoms. The molecule has 1 atom stereocenters. The van der Waals surface area contributed by atoms with Gasteiger partial charge in [0, 0.05) is 30.6 Å². The van der Waals surface area contributed by atoms with Gasteiger partial charge in [-0.3, -0.25) is 4.79 Å². The van der Waals surface area contributed by atoms with E-state index >= 15 is 0 Å². The van der Waals surface area contributed by atoms with Crippen LogP contribution in [-0.4, -0.2) is 25.6 Å². The Morgan fingerprint density at radius 3 is 2.61 bits per heavy atom. The Bertz CT molecular complexity index is 1180. The number of benzene rings is 1. The first-order valence-corrected chi connectivity index (χ1v) is 8.99. The minimum Gasteiger partial charge on any atom is -0.477 e. The lowest BCUT2D eigenvalue weighted by atomic mass is 9.77. The second-order valence-corrected chi connectivity index (χ2v) is 7.14. The van der Waals surface area contributed by atoms with Crippen molar-refractivity contribution in [2.45, 2.75) is 25.3 Å². The van der Waals surface area contributed by atoms with Gasteiger partial charge in [0.15, 0.2) is 11.2 Å². The van der Waals surface area contributed by atoms with Gasteiger partial charge in [0.2, 0.25) is 5.43 Å². The summed E-state index contributed by atoms with van der Waals surface area (Å²) in [5.74, 6) is -1.27. The maximum atomic E-state index is 12.3. The molecule has 4 rings (SSSR count). The Kier molecular flexibility index (Phi) is 4.39. The molecule has 140 valence electrons. The zero-order valence-electron chi connectivity index (χ0n) is 15.4. The topological polar surface area (TPSA) is 85.1 Å². The zero-order chi connectivity index (χ0) is 19.7. The number of hydrogen-bond donors (Lipinski definition) is 1. The lowest BCUT2D eigenvalue weighted by Crippen LogP contribution is -2.21. The zero-order valence-corrected chi connectivity index (χ0v) is 15.4. The minimum atomic E-state index is -1.27. The first kappa shape index (κ1) is 17.9. The third kappa shape index (κ3) is 3.13. The lowest BCUT2D eigenvalue weighted by molar-refractivity contribution is 0.0695. The molecule has 0 saturated heterocycles. The normalized spacial score (nSPS) is 18.5. The van der Waals surface area contributed by atoms with Crippen LogP contribution in [0.1, 0.15) is 34.8 Å². The highest BCUT2D eigenvalue weighted by molar-refractivity contribution is 5.90. The molecule has 2 heterocycles. The van der Waals surface area contributed by atoms with Crippen LogP contribution in [0.25, 0.3) is 11.2 Å². The summed E-state index contributed by atoms with van der Waals surface area (Å²) in [6, 6.07) is 8.22. The molecule has 1 unspecified atom stereocenters. The summed E-state index contributed by atoms with van der Waals surface area (Å²) in [6.45, 7) is 2.59. The molecule has 3 aromatic rings. The molecule has 6 nitrogen and oxygen atoms in total. The molecule has 0 fully saturated rings. The van der Waals surface area contributed by atoms with Crippen molar-refractivity contribution >= 4 is 17.1 Å². The monoisotopic (exact) mass is 373 g/mol. The van der Waals surface area contributed by atoms with E-state index in [0.29, 0.717) is 12.2 Å². The molecule has 1 aliphatic rings. The highest BCUT2D eigenvalue weighted by atomic mass is 16.4. The molecular formula is C22H19N3O3. The summed E-state index contributed by atoms with van der Waals surface area (Å²) in [5.41, 5.74) is 1.67. The molecule has 0 bridgehead atoms. The number of hydrogen-bond acceptors (Lipinski definition) is 4. The molecule has 0 aliphatic heterocycles. The van der Waals surface area contributed by atoms with Crippen molar-refractivity contribution < 1.29 is 9.90 Å². The van der Waals surface area contributed by atoms with Gasteiger partial charge in [-0.15, -0.1) is 0 Å². The number of carboxylic acids is 1. The number of fused-ring (bicyclic) bond motifs is 1. The standard InChI is InChI=1S/C22H19N3O3/c1-22(9-3-2-4-10-22)16-7-5-15(6-8-16)13-25-14-17(21(27)28)19(26)18-20(25)24-12-11-23-18/h2-9,11-12,14H,10,13H2,1H3,(H,27,28). The fourth-order valence-electron chi connectivity index (χ4n) is 3.51. The highest BCUT2D eigenvalue weighted by Gasteiger charge is 2.23. The predicted octanol–water partition coefficient (Wildman–Crippen LogP) is 3.31. The van der Waals surface area contributed by atoms with Crippen LogP contribution in [0.15, 0.2) is 72.0 Å². The van der Waals surface area contributed by atoms with E-state index in [-0.39, 0.29) is 16.5 Å². The number of pyridine rings is 1. The van der Waals surface area contributed by atoms with Gasteiger partial charge in [0.25, 0.3) is 0 Å². The van der Waals surface area contributed by atoms with Crippen molar-refractivity contribution in [2.75, 3.05) is 0 Å². The van der Waals surface area contributed by atoms with Gasteiger partial charge in [0.05, 0.1) is 0 Å². The Balaban J connectivity index is 1.71. The number of allylic oxidation sites excluding steroid dienone is 4. The minimum absolute atomic E-state index is 0.0285. The van der Waals surface area contributed by atoms with Crippen LogP contribution < -0.4 is 5.43 Å². The fraction of sp³-hybridized carbons (Fsp3) is 0.182. The van der Waals surface area contributed by atoms with Gasteiger partial charge in [-0.2, -0.15) is 0 Å². The Labute approximate surface area is 161 Å². The quantitative estimate of drug-likeness (QED) is 0.758. The molecule has 1 N–H and O–H groups in total. The Morgan fingerprint density at radius 1 is 1.18 bits per heavy atom. The molecule has 0 saturated carbocycles. The number of carbonyl (C=O) groups is 1. The van der Waals surface area contributed by atoms with Crippen LogP contribution in [0.4, 0.5) is 0 Å². The second kappa shape index (κ2) is 6.88. The van der Waals surface area contributed by atoms with Gasteiger partial charge in [-0.05, 0) is 17.5 Å². The molecular weight excluding hydrogens is 354 g/mol. The summed E-state index contributed by atoms with van der Waals surface area (Å²) in [7, 11) is 0. The molecule has 1 aliphatic carbocycles. The van der Waals surface area contributed by atoms with Crippen molar-refractivity contribution in [3.8, 4) is 0 Å². The van der Waals surface area contributed by atoms with Crippen molar-refractivity contribution in [2.24, 2.45) is 0 Å². The largest absolute Gasteiger partial charge is 0.477 e. The van der Waals surface area contributed by atoms with Crippen LogP contribution in [-0.2, 0) is 12.0 Å². The average molecular weight is 373 g/mol. The average Bonchev–Trinajstić information content (AvgIpc) is 2.71. The summed E-state index contributed by atoms with van der Waals surface area (Å²) in [5, 5.41) is 9.35. The van der Waals surface area contributed by atoms with E-state index in [9.17, 15) is 14.7 Å². The smallest absolute Gasteiger partial charge is 0.341 e. The lowest BCUT2D eigenvalue weighted by Gasteiger charge is -2.27. The highest BCUT2D eigenvalue weighted by Crippen LogP contribution is 2.32. The molecule has 1 aromatic carbocycles. The fourth-order valence-corrected chi connectivity index (χ4v) is 3.51. The van der Waals surface area contributed by atoms with E-state index in [1.807, 2.05) is 12.1 Å². The molecule has 6 heteroatoms. The molecule has 0 radical (unpaired) electrons. The van der Waals surface area contributed by atoms with Crippen LogP contribution in [0.2, 0.25) is 0 Å². The van der Waals surface area contributed by atoms with Crippen LogP contribution in [0, 0.1) is 0 Å². The molecule has 28 heavy (non-hydrogen) atoms. The van der Waals surface area contributed by atoms with E-state index in [1.54, 1.807) is 4.57 Å². The third-order valence-electron chi connectivity index (χ3n) is 5.15. The van der Waals surface area contributed by atoms with Gasteiger partial charge >= 0.3 is 5.97 Å². The first-order valence-electron chi connectivity index (χ1n) is 8.99. The molecule has 2 aromatic heterocycles. The van der Waals surface area contributed by atoms with Gasteiger partial charge < -0.3 is 9.67 Å². The van der Waals surface area contributed by atoms with Gasteiger partial charge in [0.1, 0.15) is 5.56 Å². The van der Waals surface area contributed by atoms with E-state index in [4.69, 9.17) is 0 Å². The number of nitrogens with zero attached hydrogens (tertiary/aromatic N) is 3.